The van der Waals surface area contributed by atoms with E-state index in [0.29, 0.717) is 19.5 Å². The Labute approximate surface area is 102 Å². The smallest absolute Gasteiger partial charge is 0.320 e. The van der Waals surface area contributed by atoms with Gasteiger partial charge in [0.25, 0.3) is 0 Å². The van der Waals surface area contributed by atoms with Crippen LogP contribution in [0.5, 0.6) is 0 Å². The van der Waals surface area contributed by atoms with Crippen molar-refractivity contribution >= 4 is 12.0 Å². The van der Waals surface area contributed by atoms with Crippen LogP contribution in [0.15, 0.2) is 11.6 Å². The van der Waals surface area contributed by atoms with Gasteiger partial charge in [0, 0.05) is 33.1 Å². The third kappa shape index (κ3) is 4.46. The summed E-state index contributed by atoms with van der Waals surface area (Å²) >= 11 is 0. The Balaban J connectivity index is 2.36. The maximum absolute atomic E-state index is 12.0. The second kappa shape index (κ2) is 6.27. The molecule has 0 saturated carbocycles. The van der Waals surface area contributed by atoms with Crippen LogP contribution in [0.3, 0.4) is 0 Å². The normalized spacial score (nSPS) is 15.4. The molecule has 2 amide bonds. The average Bonchev–Trinajstić information content (AvgIpc) is 2.27. The summed E-state index contributed by atoms with van der Waals surface area (Å²) in [6.07, 6.45) is 3.66. The summed E-state index contributed by atoms with van der Waals surface area (Å²) < 4.78 is 0. The first-order chi connectivity index (χ1) is 8.00. The summed E-state index contributed by atoms with van der Waals surface area (Å²) in [6.45, 7) is 3.94. The Morgan fingerprint density at radius 1 is 1.53 bits per heavy atom. The van der Waals surface area contributed by atoms with E-state index in [1.54, 1.807) is 16.8 Å². The summed E-state index contributed by atoms with van der Waals surface area (Å²) in [5, 5.41) is 8.53. The van der Waals surface area contributed by atoms with Gasteiger partial charge < -0.3 is 14.9 Å². The first-order valence-electron chi connectivity index (χ1n) is 5.88. The highest BCUT2D eigenvalue weighted by Crippen LogP contribution is 2.10. The molecule has 1 rings (SSSR count). The van der Waals surface area contributed by atoms with Gasteiger partial charge in [0.2, 0.25) is 0 Å². The lowest BCUT2D eigenvalue weighted by molar-refractivity contribution is -0.137. The topological polar surface area (TPSA) is 60.9 Å². The first-order valence-corrected chi connectivity index (χ1v) is 5.88. The number of nitrogens with zero attached hydrogens (tertiary/aromatic N) is 2. The quantitative estimate of drug-likeness (QED) is 0.758. The maximum atomic E-state index is 12.0. The van der Waals surface area contributed by atoms with E-state index in [0.717, 1.165) is 13.0 Å². The third-order valence-electron chi connectivity index (χ3n) is 2.81. The molecule has 0 spiro atoms. The van der Waals surface area contributed by atoms with Gasteiger partial charge in [-0.2, -0.15) is 0 Å². The minimum atomic E-state index is -0.817. The molecule has 5 heteroatoms. The Kier molecular flexibility index (Phi) is 5.00. The molecule has 0 radical (unpaired) electrons. The summed E-state index contributed by atoms with van der Waals surface area (Å²) in [6, 6.07) is -0.0113. The molecular weight excluding hydrogens is 220 g/mol. The van der Waals surface area contributed by atoms with E-state index < -0.39 is 5.97 Å². The van der Waals surface area contributed by atoms with E-state index in [4.69, 9.17) is 5.11 Å². The maximum Gasteiger partial charge on any atom is 0.320 e. The van der Waals surface area contributed by atoms with Gasteiger partial charge in [0.15, 0.2) is 0 Å². The van der Waals surface area contributed by atoms with Gasteiger partial charge in [-0.1, -0.05) is 11.6 Å². The van der Waals surface area contributed by atoms with Crippen molar-refractivity contribution in [2.24, 2.45) is 0 Å². The molecule has 0 saturated heterocycles. The Morgan fingerprint density at radius 2 is 2.24 bits per heavy atom. The average molecular weight is 240 g/mol. The number of carboxylic acid groups (broad SMARTS) is 1. The summed E-state index contributed by atoms with van der Waals surface area (Å²) in [5.41, 5.74) is 1.21. The standard InChI is InChI=1S/C12H20N2O3/c1-10-5-3-8-14(9-10)12(17)13(2)7-4-6-11(15)16/h5H,3-4,6-9H2,1-2H3,(H,15,16). The fraction of sp³-hybridized carbons (Fsp3) is 0.667. The lowest BCUT2D eigenvalue weighted by Crippen LogP contribution is -2.43. The molecule has 0 bridgehead atoms. The SMILES string of the molecule is CC1=CCCN(C(=O)N(C)CCCC(=O)O)C1. The number of hydrogen-bond acceptors (Lipinski definition) is 2. The van der Waals surface area contributed by atoms with Crippen LogP contribution < -0.4 is 0 Å². The molecule has 0 unspecified atom stereocenters. The molecule has 1 aliphatic heterocycles. The van der Waals surface area contributed by atoms with Crippen molar-refractivity contribution in [3.63, 3.8) is 0 Å². The van der Waals surface area contributed by atoms with E-state index in [1.807, 2.05) is 6.92 Å². The Morgan fingerprint density at radius 3 is 2.82 bits per heavy atom. The fourth-order valence-electron chi connectivity index (χ4n) is 1.88. The van der Waals surface area contributed by atoms with E-state index in [2.05, 4.69) is 6.08 Å². The van der Waals surface area contributed by atoms with Gasteiger partial charge in [0.1, 0.15) is 0 Å². The number of carbonyl (C=O) groups excluding carboxylic acids is 1. The lowest BCUT2D eigenvalue weighted by atomic mass is 10.1. The molecule has 1 aliphatic rings. The number of amides is 2. The fourth-order valence-corrected chi connectivity index (χ4v) is 1.88. The molecule has 0 atom stereocenters. The molecule has 96 valence electrons. The number of carbonyl (C=O) groups is 2. The van der Waals surface area contributed by atoms with E-state index >= 15 is 0 Å². The van der Waals surface area contributed by atoms with Crippen molar-refractivity contribution in [3.05, 3.63) is 11.6 Å². The first kappa shape index (κ1) is 13.5. The lowest BCUT2D eigenvalue weighted by Gasteiger charge is -2.30. The van der Waals surface area contributed by atoms with Crippen LogP contribution in [0.25, 0.3) is 0 Å². The number of urea groups is 1. The molecule has 0 fully saturated rings. The zero-order valence-electron chi connectivity index (χ0n) is 10.5. The second-order valence-electron chi connectivity index (χ2n) is 4.46. The van der Waals surface area contributed by atoms with Gasteiger partial charge in [-0.05, 0) is 19.8 Å². The molecule has 0 aliphatic carbocycles. The van der Waals surface area contributed by atoms with Crippen LogP contribution in [-0.4, -0.2) is 53.6 Å². The van der Waals surface area contributed by atoms with E-state index in [1.165, 1.54) is 5.57 Å². The molecular formula is C12H20N2O3. The van der Waals surface area contributed by atoms with Gasteiger partial charge in [0.05, 0.1) is 0 Å². The van der Waals surface area contributed by atoms with Gasteiger partial charge in [-0.3, -0.25) is 4.79 Å². The van der Waals surface area contributed by atoms with Crippen LogP contribution in [0.2, 0.25) is 0 Å². The van der Waals surface area contributed by atoms with E-state index in [-0.39, 0.29) is 12.5 Å². The van der Waals surface area contributed by atoms with Gasteiger partial charge in [-0.15, -0.1) is 0 Å². The molecule has 0 aromatic rings. The minimum absolute atomic E-state index is 0.0113. The monoisotopic (exact) mass is 240 g/mol. The number of hydrogen-bond donors (Lipinski definition) is 1. The molecule has 5 nitrogen and oxygen atoms in total. The highest BCUT2D eigenvalue weighted by Gasteiger charge is 2.19. The zero-order valence-corrected chi connectivity index (χ0v) is 10.5. The molecule has 1 N–H and O–H groups in total. The largest absolute Gasteiger partial charge is 0.481 e. The predicted octanol–water partition coefficient (Wildman–Crippen LogP) is 1.56. The van der Waals surface area contributed by atoms with Crippen LogP contribution >= 0.6 is 0 Å². The Bertz CT molecular complexity index is 326. The van der Waals surface area contributed by atoms with Crippen LogP contribution in [-0.2, 0) is 4.79 Å². The third-order valence-corrected chi connectivity index (χ3v) is 2.81. The highest BCUT2D eigenvalue weighted by molar-refractivity contribution is 5.74. The van der Waals surface area contributed by atoms with Gasteiger partial charge in [-0.25, -0.2) is 4.79 Å². The zero-order chi connectivity index (χ0) is 12.8. The minimum Gasteiger partial charge on any atom is -0.481 e. The second-order valence-corrected chi connectivity index (χ2v) is 4.46. The highest BCUT2D eigenvalue weighted by atomic mass is 16.4. The van der Waals surface area contributed by atoms with Gasteiger partial charge >= 0.3 is 12.0 Å². The predicted molar refractivity (Wildman–Crippen MR) is 64.8 cm³/mol. The van der Waals surface area contributed by atoms with Crippen molar-refractivity contribution in [1.82, 2.24) is 9.80 Å². The molecule has 17 heavy (non-hydrogen) atoms. The summed E-state index contributed by atoms with van der Waals surface area (Å²) in [7, 11) is 1.72. The molecule has 1 heterocycles. The summed E-state index contributed by atoms with van der Waals surface area (Å²) in [5.74, 6) is -0.817. The van der Waals surface area contributed by atoms with Crippen molar-refractivity contribution in [2.45, 2.75) is 26.2 Å². The van der Waals surface area contributed by atoms with Crippen LogP contribution in [0.1, 0.15) is 26.2 Å². The van der Waals surface area contributed by atoms with Crippen molar-refractivity contribution < 1.29 is 14.7 Å². The van der Waals surface area contributed by atoms with E-state index in [9.17, 15) is 9.59 Å². The van der Waals surface area contributed by atoms with Crippen molar-refractivity contribution in [3.8, 4) is 0 Å². The number of aliphatic carboxylic acids is 1. The number of carboxylic acids is 1. The molecule has 0 aromatic heterocycles. The van der Waals surface area contributed by atoms with Crippen LogP contribution in [0.4, 0.5) is 4.79 Å². The van der Waals surface area contributed by atoms with Crippen molar-refractivity contribution in [2.75, 3.05) is 26.7 Å². The number of rotatable bonds is 4. The summed E-state index contributed by atoms with van der Waals surface area (Å²) in [4.78, 5) is 25.8. The van der Waals surface area contributed by atoms with Crippen molar-refractivity contribution in [1.29, 1.82) is 0 Å². The van der Waals surface area contributed by atoms with Crippen LogP contribution in [0, 0.1) is 0 Å². The molecule has 0 aromatic carbocycles. The Hall–Kier alpha value is -1.52.